The van der Waals surface area contributed by atoms with Crippen molar-refractivity contribution in [3.05, 3.63) is 6.92 Å². The average molecular weight is 84.1 g/mol. The molecule has 1 heteroatoms. The zero-order chi connectivity index (χ0) is 4.41. The van der Waals surface area contributed by atoms with Crippen molar-refractivity contribution in [3.8, 4) is 0 Å². The Morgan fingerprint density at radius 3 is 2.50 bits per heavy atom. The molecule has 0 aliphatic carbocycles. The van der Waals surface area contributed by atoms with Crippen LogP contribution in [-0.4, -0.2) is 12.6 Å². The second-order valence-electron chi connectivity index (χ2n) is 1.73. The van der Waals surface area contributed by atoms with E-state index in [-0.39, 0.29) is 0 Å². The predicted molar refractivity (Wildman–Crippen MR) is 26.4 cm³/mol. The van der Waals surface area contributed by atoms with Gasteiger partial charge in [-0.1, -0.05) is 6.92 Å². The molecule has 1 rings (SSSR count). The fourth-order valence-corrected chi connectivity index (χ4v) is 0.595. The van der Waals surface area contributed by atoms with Gasteiger partial charge in [0.25, 0.3) is 0 Å². The first-order valence-electron chi connectivity index (χ1n) is 2.46. The molecule has 35 valence electrons. The summed E-state index contributed by atoms with van der Waals surface area (Å²) in [5, 5.41) is 3.23. The van der Waals surface area contributed by atoms with Gasteiger partial charge >= 0.3 is 0 Å². The van der Waals surface area contributed by atoms with Gasteiger partial charge in [0.1, 0.15) is 0 Å². The van der Waals surface area contributed by atoms with Crippen molar-refractivity contribution in [3.63, 3.8) is 0 Å². The van der Waals surface area contributed by atoms with E-state index in [0.29, 0.717) is 0 Å². The van der Waals surface area contributed by atoms with Crippen LogP contribution in [0.1, 0.15) is 12.8 Å². The van der Waals surface area contributed by atoms with E-state index in [2.05, 4.69) is 12.2 Å². The van der Waals surface area contributed by atoms with Gasteiger partial charge in [-0.2, -0.15) is 0 Å². The molecule has 0 bridgehead atoms. The van der Waals surface area contributed by atoms with Gasteiger partial charge in [0, 0.05) is 6.04 Å². The topological polar surface area (TPSA) is 12.0 Å². The summed E-state index contributed by atoms with van der Waals surface area (Å²) in [6.07, 6.45) is 2.39. The highest BCUT2D eigenvalue weighted by Gasteiger charge is 2.11. The summed E-state index contributed by atoms with van der Waals surface area (Å²) in [6.45, 7) is 4.95. The number of nitrogens with one attached hydrogen (secondary N) is 1. The predicted octanol–water partition coefficient (Wildman–Crippen LogP) is 0.572. The van der Waals surface area contributed by atoms with Crippen LogP contribution in [0.4, 0.5) is 0 Å². The molecule has 0 saturated carbocycles. The summed E-state index contributed by atoms with van der Waals surface area (Å²) >= 11 is 0. The summed E-state index contributed by atoms with van der Waals surface area (Å²) in [4.78, 5) is 0. The van der Waals surface area contributed by atoms with Crippen LogP contribution >= 0.6 is 0 Å². The maximum atomic E-state index is 3.75. The SMILES string of the molecule is [CH2]CC1CCN1. The van der Waals surface area contributed by atoms with Crippen LogP contribution < -0.4 is 5.32 Å². The molecule has 0 aromatic heterocycles. The zero-order valence-electron chi connectivity index (χ0n) is 3.91. The Kier molecular flexibility index (Phi) is 1.10. The number of hydrogen-bond donors (Lipinski definition) is 1. The molecule has 1 aliphatic rings. The maximum absolute atomic E-state index is 3.75. The van der Waals surface area contributed by atoms with Gasteiger partial charge in [-0.3, -0.25) is 0 Å². The molecule has 0 amide bonds. The minimum atomic E-state index is 0.755. The molecule has 1 aliphatic heterocycles. The second kappa shape index (κ2) is 1.61. The highest BCUT2D eigenvalue weighted by atomic mass is 15.0. The largest absolute Gasteiger partial charge is 0.314 e. The lowest BCUT2D eigenvalue weighted by Gasteiger charge is -2.25. The Labute approximate surface area is 38.7 Å². The van der Waals surface area contributed by atoms with Gasteiger partial charge in [0.05, 0.1) is 0 Å². The van der Waals surface area contributed by atoms with Crippen LogP contribution in [0.5, 0.6) is 0 Å². The van der Waals surface area contributed by atoms with Crippen molar-refractivity contribution >= 4 is 0 Å². The summed E-state index contributed by atoms with van der Waals surface area (Å²) in [7, 11) is 0. The summed E-state index contributed by atoms with van der Waals surface area (Å²) in [6, 6.07) is 0.755. The fourth-order valence-electron chi connectivity index (χ4n) is 0.595. The van der Waals surface area contributed by atoms with Crippen molar-refractivity contribution in [2.75, 3.05) is 6.54 Å². The standard InChI is InChI=1S/C5H10N/c1-2-5-3-4-6-5/h5-6H,1-4H2. The van der Waals surface area contributed by atoms with Crippen LogP contribution in [0.15, 0.2) is 0 Å². The van der Waals surface area contributed by atoms with Crippen molar-refractivity contribution in [1.82, 2.24) is 5.32 Å². The molecule has 0 spiro atoms. The van der Waals surface area contributed by atoms with Gasteiger partial charge in [-0.05, 0) is 19.4 Å². The molecular formula is C5H10N. The van der Waals surface area contributed by atoms with Crippen molar-refractivity contribution in [1.29, 1.82) is 0 Å². The van der Waals surface area contributed by atoms with E-state index >= 15 is 0 Å². The molecular weight excluding hydrogens is 74.1 g/mol. The Bertz CT molecular complexity index is 36.4. The molecule has 1 radical (unpaired) electrons. The Morgan fingerprint density at radius 1 is 1.83 bits per heavy atom. The first-order chi connectivity index (χ1) is 2.93. The molecule has 0 aromatic carbocycles. The van der Waals surface area contributed by atoms with E-state index in [4.69, 9.17) is 0 Å². The third-order valence-corrected chi connectivity index (χ3v) is 1.27. The molecule has 0 aromatic rings. The van der Waals surface area contributed by atoms with E-state index in [9.17, 15) is 0 Å². The lowest BCUT2D eigenvalue weighted by molar-refractivity contribution is 0.373. The van der Waals surface area contributed by atoms with E-state index in [1.54, 1.807) is 0 Å². The van der Waals surface area contributed by atoms with Crippen LogP contribution in [-0.2, 0) is 0 Å². The fraction of sp³-hybridized carbons (Fsp3) is 0.800. The van der Waals surface area contributed by atoms with E-state index in [0.717, 1.165) is 12.5 Å². The van der Waals surface area contributed by atoms with Gasteiger partial charge in [0.15, 0.2) is 0 Å². The average Bonchev–Trinajstić information content (AvgIpc) is 1.31. The maximum Gasteiger partial charge on any atom is 0.00791 e. The third kappa shape index (κ3) is 0.548. The van der Waals surface area contributed by atoms with Crippen LogP contribution in [0.25, 0.3) is 0 Å². The molecule has 1 nitrogen and oxygen atoms in total. The smallest absolute Gasteiger partial charge is 0.00791 e. The van der Waals surface area contributed by atoms with Crippen molar-refractivity contribution in [2.24, 2.45) is 0 Å². The summed E-state index contributed by atoms with van der Waals surface area (Å²) in [5.41, 5.74) is 0. The lowest BCUT2D eigenvalue weighted by Crippen LogP contribution is -2.42. The van der Waals surface area contributed by atoms with Crippen molar-refractivity contribution in [2.45, 2.75) is 18.9 Å². The van der Waals surface area contributed by atoms with E-state index in [1.807, 2.05) is 0 Å². The van der Waals surface area contributed by atoms with E-state index in [1.165, 1.54) is 13.0 Å². The molecule has 1 unspecified atom stereocenters. The highest BCUT2D eigenvalue weighted by molar-refractivity contribution is 4.77. The summed E-state index contributed by atoms with van der Waals surface area (Å²) in [5.74, 6) is 0. The van der Waals surface area contributed by atoms with Gasteiger partial charge < -0.3 is 5.32 Å². The highest BCUT2D eigenvalue weighted by Crippen LogP contribution is 2.03. The second-order valence-corrected chi connectivity index (χ2v) is 1.73. The van der Waals surface area contributed by atoms with E-state index < -0.39 is 0 Å². The van der Waals surface area contributed by atoms with Crippen LogP contribution in [0.3, 0.4) is 0 Å². The minimum Gasteiger partial charge on any atom is -0.314 e. The normalized spacial score (nSPS) is 32.5. The van der Waals surface area contributed by atoms with Gasteiger partial charge in [-0.25, -0.2) is 0 Å². The first kappa shape index (κ1) is 4.13. The number of rotatable bonds is 1. The quantitative estimate of drug-likeness (QED) is 0.490. The lowest BCUT2D eigenvalue weighted by atomic mass is 10.1. The minimum absolute atomic E-state index is 0.755. The molecule has 1 saturated heterocycles. The van der Waals surface area contributed by atoms with Gasteiger partial charge in [-0.15, -0.1) is 0 Å². The monoisotopic (exact) mass is 84.1 g/mol. The molecule has 1 fully saturated rings. The van der Waals surface area contributed by atoms with Crippen LogP contribution in [0, 0.1) is 6.92 Å². The summed E-state index contributed by atoms with van der Waals surface area (Å²) < 4.78 is 0. The van der Waals surface area contributed by atoms with Crippen molar-refractivity contribution < 1.29 is 0 Å². The van der Waals surface area contributed by atoms with Crippen LogP contribution in [0.2, 0.25) is 0 Å². The molecule has 1 heterocycles. The molecule has 1 atom stereocenters. The first-order valence-corrected chi connectivity index (χ1v) is 2.46. The zero-order valence-corrected chi connectivity index (χ0v) is 3.91. The third-order valence-electron chi connectivity index (χ3n) is 1.27. The Morgan fingerprint density at radius 2 is 2.50 bits per heavy atom. The molecule has 6 heavy (non-hydrogen) atoms. The van der Waals surface area contributed by atoms with Gasteiger partial charge in [0.2, 0.25) is 0 Å². The Hall–Kier alpha value is -0.0400. The Balaban J connectivity index is 2.01. The molecule has 1 N–H and O–H groups in total. The number of hydrogen-bond acceptors (Lipinski definition) is 1.